The first-order valence-corrected chi connectivity index (χ1v) is 8.02. The molecule has 0 aliphatic rings. The van der Waals surface area contributed by atoms with Crippen LogP contribution in [0, 0.1) is 11.8 Å². The van der Waals surface area contributed by atoms with Gasteiger partial charge in [0.15, 0.2) is 6.29 Å². The minimum absolute atomic E-state index is 0.0878. The van der Waals surface area contributed by atoms with E-state index in [1.807, 2.05) is 6.07 Å². The van der Waals surface area contributed by atoms with Gasteiger partial charge < -0.3 is 9.47 Å². The lowest BCUT2D eigenvalue weighted by molar-refractivity contribution is -0.156. The highest BCUT2D eigenvalue weighted by Gasteiger charge is 2.10. The zero-order chi connectivity index (χ0) is 15.5. The maximum Gasteiger partial charge on any atom is 0.157 e. The lowest BCUT2D eigenvalue weighted by Crippen LogP contribution is -2.21. The Kier molecular flexibility index (Phi) is 9.04. The molecule has 1 aromatic carbocycles. The molecule has 0 heterocycles. The van der Waals surface area contributed by atoms with Crippen LogP contribution in [0.3, 0.4) is 0 Å². The van der Waals surface area contributed by atoms with E-state index in [1.54, 1.807) is 0 Å². The van der Waals surface area contributed by atoms with E-state index in [2.05, 4.69) is 64.1 Å². The van der Waals surface area contributed by atoms with Crippen molar-refractivity contribution in [1.29, 1.82) is 0 Å². The standard InChI is InChI=1S/C19H30O2/c1-16(2)14-20-19(21-15-17(3)4)13-9-8-12-18-10-6-5-7-11-18/h5-8,10-12,16-17,19H,9,13-15H2,1-4H3. The third-order valence-electron chi connectivity index (χ3n) is 2.91. The van der Waals surface area contributed by atoms with E-state index in [-0.39, 0.29) is 6.29 Å². The fraction of sp³-hybridized carbons (Fsp3) is 0.579. The zero-order valence-electron chi connectivity index (χ0n) is 13.9. The molecule has 0 bridgehead atoms. The smallest absolute Gasteiger partial charge is 0.157 e. The molecule has 0 saturated carbocycles. The predicted octanol–water partition coefficient (Wildman–Crippen LogP) is 5.15. The molecule has 0 aliphatic carbocycles. The predicted molar refractivity (Wildman–Crippen MR) is 90.1 cm³/mol. The summed E-state index contributed by atoms with van der Waals surface area (Å²) in [5.41, 5.74) is 1.24. The van der Waals surface area contributed by atoms with Gasteiger partial charge in [-0.05, 0) is 23.8 Å². The Bertz CT molecular complexity index is 370. The summed E-state index contributed by atoms with van der Waals surface area (Å²) in [6.45, 7) is 10.2. The first-order chi connectivity index (χ1) is 10.1. The Balaban J connectivity index is 2.35. The molecule has 0 fully saturated rings. The Morgan fingerprint density at radius 2 is 1.48 bits per heavy atom. The van der Waals surface area contributed by atoms with Crippen LogP contribution in [0.15, 0.2) is 36.4 Å². The summed E-state index contributed by atoms with van der Waals surface area (Å²) in [5.74, 6) is 1.07. The van der Waals surface area contributed by atoms with E-state index >= 15 is 0 Å². The Morgan fingerprint density at radius 3 is 2.00 bits per heavy atom. The monoisotopic (exact) mass is 290 g/mol. The van der Waals surface area contributed by atoms with Gasteiger partial charge in [0.2, 0.25) is 0 Å². The van der Waals surface area contributed by atoms with E-state index < -0.39 is 0 Å². The average Bonchev–Trinajstić information content (AvgIpc) is 2.46. The zero-order valence-corrected chi connectivity index (χ0v) is 13.9. The number of rotatable bonds is 10. The van der Waals surface area contributed by atoms with Gasteiger partial charge >= 0.3 is 0 Å². The van der Waals surface area contributed by atoms with Gasteiger partial charge in [-0.15, -0.1) is 0 Å². The van der Waals surface area contributed by atoms with Crippen LogP contribution in [-0.4, -0.2) is 19.5 Å². The Hall–Kier alpha value is -1.12. The minimum atomic E-state index is -0.0878. The molecule has 0 atom stereocenters. The second kappa shape index (κ2) is 10.6. The van der Waals surface area contributed by atoms with E-state index in [0.29, 0.717) is 11.8 Å². The molecular weight excluding hydrogens is 260 g/mol. The third-order valence-corrected chi connectivity index (χ3v) is 2.91. The van der Waals surface area contributed by atoms with Crippen LogP contribution >= 0.6 is 0 Å². The number of benzene rings is 1. The van der Waals surface area contributed by atoms with Crippen molar-refractivity contribution in [1.82, 2.24) is 0 Å². The van der Waals surface area contributed by atoms with Gasteiger partial charge in [0.05, 0.1) is 13.2 Å². The van der Waals surface area contributed by atoms with E-state index in [9.17, 15) is 0 Å². The topological polar surface area (TPSA) is 18.5 Å². The van der Waals surface area contributed by atoms with Crippen molar-refractivity contribution in [2.24, 2.45) is 11.8 Å². The lowest BCUT2D eigenvalue weighted by atomic mass is 10.2. The summed E-state index contributed by atoms with van der Waals surface area (Å²) < 4.78 is 11.7. The largest absolute Gasteiger partial charge is 0.352 e. The number of ether oxygens (including phenoxy) is 2. The summed E-state index contributed by atoms with van der Waals surface area (Å²) in [6.07, 6.45) is 6.13. The highest BCUT2D eigenvalue weighted by Crippen LogP contribution is 2.11. The SMILES string of the molecule is CC(C)COC(CCC=Cc1ccccc1)OCC(C)C. The second-order valence-electron chi connectivity index (χ2n) is 6.27. The summed E-state index contributed by atoms with van der Waals surface area (Å²) in [7, 11) is 0. The number of hydrogen-bond donors (Lipinski definition) is 0. The summed E-state index contributed by atoms with van der Waals surface area (Å²) >= 11 is 0. The quantitative estimate of drug-likeness (QED) is 0.555. The lowest BCUT2D eigenvalue weighted by Gasteiger charge is -2.20. The van der Waals surface area contributed by atoms with Crippen LogP contribution in [-0.2, 0) is 9.47 Å². The Morgan fingerprint density at radius 1 is 0.905 bits per heavy atom. The molecule has 2 nitrogen and oxygen atoms in total. The van der Waals surface area contributed by atoms with E-state index in [1.165, 1.54) is 5.56 Å². The van der Waals surface area contributed by atoms with Gasteiger partial charge in [0.1, 0.15) is 0 Å². The molecule has 1 aromatic rings. The van der Waals surface area contributed by atoms with Crippen molar-refractivity contribution >= 4 is 6.08 Å². The van der Waals surface area contributed by atoms with Crippen molar-refractivity contribution in [3.63, 3.8) is 0 Å². The fourth-order valence-electron chi connectivity index (χ4n) is 1.83. The van der Waals surface area contributed by atoms with Gasteiger partial charge in [-0.3, -0.25) is 0 Å². The first kappa shape index (κ1) is 17.9. The van der Waals surface area contributed by atoms with Gasteiger partial charge in [-0.25, -0.2) is 0 Å². The van der Waals surface area contributed by atoms with Crippen molar-refractivity contribution in [3.8, 4) is 0 Å². The molecule has 0 amide bonds. The van der Waals surface area contributed by atoms with Crippen LogP contribution in [0.1, 0.15) is 46.1 Å². The molecule has 0 aliphatic heterocycles. The number of allylic oxidation sites excluding steroid dienone is 1. The Labute approximate surface area is 130 Å². The molecule has 21 heavy (non-hydrogen) atoms. The molecule has 2 heteroatoms. The van der Waals surface area contributed by atoms with Crippen molar-refractivity contribution in [2.45, 2.75) is 46.8 Å². The van der Waals surface area contributed by atoms with Crippen molar-refractivity contribution in [2.75, 3.05) is 13.2 Å². The fourth-order valence-corrected chi connectivity index (χ4v) is 1.83. The molecule has 0 N–H and O–H groups in total. The molecule has 0 aromatic heterocycles. The van der Waals surface area contributed by atoms with Crippen LogP contribution < -0.4 is 0 Å². The maximum atomic E-state index is 5.85. The normalized spacial score (nSPS) is 12.1. The van der Waals surface area contributed by atoms with Gasteiger partial charge in [0.25, 0.3) is 0 Å². The molecule has 0 unspecified atom stereocenters. The van der Waals surface area contributed by atoms with Crippen LogP contribution in [0.2, 0.25) is 0 Å². The van der Waals surface area contributed by atoms with Crippen molar-refractivity contribution in [3.05, 3.63) is 42.0 Å². The molecule has 1 rings (SSSR count). The molecule has 118 valence electrons. The van der Waals surface area contributed by atoms with Gasteiger partial charge in [-0.2, -0.15) is 0 Å². The first-order valence-electron chi connectivity index (χ1n) is 8.02. The maximum absolute atomic E-state index is 5.85. The van der Waals surface area contributed by atoms with Crippen molar-refractivity contribution < 1.29 is 9.47 Å². The third kappa shape index (κ3) is 9.43. The van der Waals surface area contributed by atoms with E-state index in [4.69, 9.17) is 9.47 Å². The van der Waals surface area contributed by atoms with E-state index in [0.717, 1.165) is 26.1 Å². The van der Waals surface area contributed by atoms with Crippen LogP contribution in [0.5, 0.6) is 0 Å². The van der Waals surface area contributed by atoms with Crippen LogP contribution in [0.25, 0.3) is 6.08 Å². The minimum Gasteiger partial charge on any atom is -0.352 e. The average molecular weight is 290 g/mol. The molecule has 0 radical (unpaired) electrons. The van der Waals surface area contributed by atoms with Gasteiger partial charge in [0, 0.05) is 6.42 Å². The molecule has 0 saturated heterocycles. The highest BCUT2D eigenvalue weighted by molar-refractivity contribution is 5.48. The second-order valence-corrected chi connectivity index (χ2v) is 6.27. The summed E-state index contributed by atoms with van der Waals surface area (Å²) in [5, 5.41) is 0. The molecular formula is C19H30O2. The summed E-state index contributed by atoms with van der Waals surface area (Å²) in [4.78, 5) is 0. The van der Waals surface area contributed by atoms with Gasteiger partial charge in [-0.1, -0.05) is 70.2 Å². The molecule has 0 spiro atoms. The highest BCUT2D eigenvalue weighted by atomic mass is 16.7. The summed E-state index contributed by atoms with van der Waals surface area (Å²) in [6, 6.07) is 10.4. The number of hydrogen-bond acceptors (Lipinski definition) is 2. The van der Waals surface area contributed by atoms with Crippen LogP contribution in [0.4, 0.5) is 0 Å².